The van der Waals surface area contributed by atoms with Crippen LogP contribution < -0.4 is 5.32 Å². The Morgan fingerprint density at radius 3 is 2.62 bits per heavy atom. The molecule has 6 nitrogen and oxygen atoms in total. The predicted molar refractivity (Wildman–Crippen MR) is 90.3 cm³/mol. The summed E-state index contributed by atoms with van der Waals surface area (Å²) in [6, 6.07) is 8.93. The summed E-state index contributed by atoms with van der Waals surface area (Å²) >= 11 is 0. The maximum atomic E-state index is 12.6. The fraction of sp³-hybridized carbons (Fsp3) is 0.500. The number of carbonyl (C=O) groups is 2. The molecule has 1 fully saturated rings. The summed E-state index contributed by atoms with van der Waals surface area (Å²) in [5, 5.41) is 2.81. The van der Waals surface area contributed by atoms with Crippen LogP contribution in [0.1, 0.15) is 37.8 Å². The molecule has 2 aliphatic rings. The molecule has 0 bridgehead atoms. The second-order valence-electron chi connectivity index (χ2n) is 6.07. The highest BCUT2D eigenvalue weighted by atomic mass is 16.5. The van der Waals surface area contributed by atoms with Crippen molar-refractivity contribution in [1.29, 1.82) is 0 Å². The molecule has 0 unspecified atom stereocenters. The quantitative estimate of drug-likeness (QED) is 0.679. The molecule has 3 rings (SSSR count). The molecule has 0 aliphatic carbocycles. The lowest BCUT2D eigenvalue weighted by Crippen LogP contribution is -2.53. The van der Waals surface area contributed by atoms with Gasteiger partial charge in [-0.1, -0.05) is 30.3 Å². The minimum Gasteiger partial charge on any atom is -0.465 e. The maximum absolute atomic E-state index is 12.6. The molecule has 128 valence electrons. The molecule has 1 saturated heterocycles. The van der Waals surface area contributed by atoms with E-state index in [1.165, 1.54) is 6.42 Å². The van der Waals surface area contributed by atoms with Gasteiger partial charge in [0, 0.05) is 13.1 Å². The van der Waals surface area contributed by atoms with Gasteiger partial charge in [-0.25, -0.2) is 4.99 Å². The zero-order valence-corrected chi connectivity index (χ0v) is 13.9. The summed E-state index contributed by atoms with van der Waals surface area (Å²) in [5.74, 6) is -1.22. The van der Waals surface area contributed by atoms with Crippen LogP contribution in [0.3, 0.4) is 0 Å². The molecule has 1 aromatic carbocycles. The van der Waals surface area contributed by atoms with E-state index >= 15 is 0 Å². The smallest absolute Gasteiger partial charge is 0.321 e. The second-order valence-corrected chi connectivity index (χ2v) is 6.07. The summed E-state index contributed by atoms with van der Waals surface area (Å²) < 4.78 is 5.10. The van der Waals surface area contributed by atoms with Gasteiger partial charge in [0.15, 0.2) is 5.92 Å². The van der Waals surface area contributed by atoms with E-state index in [1.807, 2.05) is 30.3 Å². The van der Waals surface area contributed by atoms with Crippen molar-refractivity contribution in [1.82, 2.24) is 10.2 Å². The van der Waals surface area contributed by atoms with Gasteiger partial charge >= 0.3 is 5.97 Å². The molecule has 0 saturated carbocycles. The number of hydrogen-bond acceptors (Lipinski definition) is 5. The van der Waals surface area contributed by atoms with Crippen LogP contribution in [0.25, 0.3) is 0 Å². The molecular formula is C18H23N3O3. The Balaban J connectivity index is 1.94. The van der Waals surface area contributed by atoms with Crippen LogP contribution in [-0.2, 0) is 14.3 Å². The van der Waals surface area contributed by atoms with Gasteiger partial charge in [-0.3, -0.25) is 14.9 Å². The molecule has 24 heavy (non-hydrogen) atoms. The van der Waals surface area contributed by atoms with Gasteiger partial charge in [-0.2, -0.15) is 0 Å². The van der Waals surface area contributed by atoms with Gasteiger partial charge < -0.3 is 9.64 Å². The van der Waals surface area contributed by atoms with Crippen molar-refractivity contribution in [3.8, 4) is 0 Å². The maximum Gasteiger partial charge on any atom is 0.321 e. The van der Waals surface area contributed by atoms with Crippen molar-refractivity contribution < 1.29 is 14.3 Å². The van der Waals surface area contributed by atoms with Crippen molar-refractivity contribution in [3.63, 3.8) is 0 Å². The van der Waals surface area contributed by atoms with Gasteiger partial charge in [-0.15, -0.1) is 0 Å². The summed E-state index contributed by atoms with van der Waals surface area (Å²) in [7, 11) is 0. The van der Waals surface area contributed by atoms with Gasteiger partial charge in [0.25, 0.3) is 0 Å². The third-order valence-corrected chi connectivity index (χ3v) is 4.43. The fourth-order valence-electron chi connectivity index (χ4n) is 3.22. The predicted octanol–water partition coefficient (Wildman–Crippen LogP) is 1.88. The third kappa shape index (κ3) is 3.42. The number of rotatable bonds is 3. The van der Waals surface area contributed by atoms with E-state index in [4.69, 9.17) is 9.73 Å². The second kappa shape index (κ2) is 7.47. The molecule has 1 N–H and O–H groups in total. The SMILES string of the molecule is CCOC(=O)[C@H]1C(=O)NC(N2CCCCC2)=N[C@H]1c1ccccc1. The minimum atomic E-state index is -0.944. The first kappa shape index (κ1) is 16.5. The summed E-state index contributed by atoms with van der Waals surface area (Å²) in [4.78, 5) is 31.8. The Morgan fingerprint density at radius 1 is 1.25 bits per heavy atom. The average Bonchev–Trinajstić information content (AvgIpc) is 2.62. The molecule has 2 atom stereocenters. The summed E-state index contributed by atoms with van der Waals surface area (Å²) in [5.41, 5.74) is 0.847. The van der Waals surface area contributed by atoms with Gasteiger partial charge in [-0.05, 0) is 31.7 Å². The van der Waals surface area contributed by atoms with E-state index in [-0.39, 0.29) is 12.5 Å². The monoisotopic (exact) mass is 329 g/mol. The highest BCUT2D eigenvalue weighted by molar-refractivity contribution is 6.08. The van der Waals surface area contributed by atoms with Crippen LogP contribution in [0.5, 0.6) is 0 Å². The average molecular weight is 329 g/mol. The van der Waals surface area contributed by atoms with E-state index in [0.717, 1.165) is 31.5 Å². The molecule has 0 spiro atoms. The van der Waals surface area contributed by atoms with Crippen LogP contribution in [0.15, 0.2) is 35.3 Å². The lowest BCUT2D eigenvalue weighted by Gasteiger charge is -2.35. The molecule has 2 aliphatic heterocycles. The first-order valence-electron chi connectivity index (χ1n) is 8.56. The Morgan fingerprint density at radius 2 is 1.96 bits per heavy atom. The Bertz CT molecular complexity index is 624. The number of guanidine groups is 1. The molecule has 1 amide bonds. The van der Waals surface area contributed by atoms with Crippen molar-refractivity contribution in [3.05, 3.63) is 35.9 Å². The topological polar surface area (TPSA) is 71.0 Å². The summed E-state index contributed by atoms with van der Waals surface area (Å²) in [6.45, 7) is 3.74. The highest BCUT2D eigenvalue weighted by Crippen LogP contribution is 2.31. The first-order chi connectivity index (χ1) is 11.7. The number of esters is 1. The van der Waals surface area contributed by atoms with E-state index in [2.05, 4.69) is 10.2 Å². The van der Waals surface area contributed by atoms with Gasteiger partial charge in [0.05, 0.1) is 6.61 Å². The molecule has 0 radical (unpaired) electrons. The van der Waals surface area contributed by atoms with E-state index in [0.29, 0.717) is 5.96 Å². The van der Waals surface area contributed by atoms with Crippen LogP contribution in [0.2, 0.25) is 0 Å². The van der Waals surface area contributed by atoms with Crippen LogP contribution >= 0.6 is 0 Å². The van der Waals surface area contributed by atoms with E-state index in [1.54, 1.807) is 6.92 Å². The number of carbonyl (C=O) groups excluding carboxylic acids is 2. The number of ether oxygens (including phenoxy) is 1. The highest BCUT2D eigenvalue weighted by Gasteiger charge is 2.41. The first-order valence-corrected chi connectivity index (χ1v) is 8.56. The number of piperidine rings is 1. The van der Waals surface area contributed by atoms with Crippen LogP contribution in [0.4, 0.5) is 0 Å². The number of benzene rings is 1. The van der Waals surface area contributed by atoms with Gasteiger partial charge in [0.2, 0.25) is 11.9 Å². The van der Waals surface area contributed by atoms with Crippen molar-refractivity contribution >= 4 is 17.8 Å². The largest absolute Gasteiger partial charge is 0.465 e. The Hall–Kier alpha value is -2.37. The number of likely N-dealkylation sites (tertiary alicyclic amines) is 1. The number of amides is 1. The van der Waals surface area contributed by atoms with Crippen molar-refractivity contribution in [2.45, 2.75) is 32.2 Å². The number of aliphatic imine (C=N–C) groups is 1. The normalized spacial score (nSPS) is 24.1. The summed E-state index contributed by atoms with van der Waals surface area (Å²) in [6.07, 6.45) is 3.38. The van der Waals surface area contributed by atoms with Crippen molar-refractivity contribution in [2.75, 3.05) is 19.7 Å². The zero-order chi connectivity index (χ0) is 16.9. The molecule has 2 heterocycles. The Kier molecular flexibility index (Phi) is 5.13. The third-order valence-electron chi connectivity index (χ3n) is 4.43. The van der Waals surface area contributed by atoms with Crippen LogP contribution in [-0.4, -0.2) is 42.4 Å². The standard InChI is InChI=1S/C18H23N3O3/c1-2-24-17(23)14-15(13-9-5-3-6-10-13)19-18(20-16(14)22)21-11-7-4-8-12-21/h3,5-6,9-10,14-15H,2,4,7-8,11-12H2,1H3,(H,19,20,22)/t14-,15+/m1/s1. The lowest BCUT2D eigenvalue weighted by atomic mass is 9.91. The number of nitrogens with zero attached hydrogens (tertiary/aromatic N) is 2. The molecule has 1 aromatic rings. The van der Waals surface area contributed by atoms with Gasteiger partial charge in [0.1, 0.15) is 6.04 Å². The fourth-order valence-corrected chi connectivity index (χ4v) is 3.22. The molecule has 6 heteroatoms. The number of hydrogen-bond donors (Lipinski definition) is 1. The lowest BCUT2D eigenvalue weighted by molar-refractivity contribution is -0.153. The van der Waals surface area contributed by atoms with Crippen molar-refractivity contribution in [2.24, 2.45) is 10.9 Å². The van der Waals surface area contributed by atoms with E-state index < -0.39 is 17.9 Å². The van der Waals surface area contributed by atoms with E-state index in [9.17, 15) is 9.59 Å². The molecule has 0 aromatic heterocycles. The van der Waals surface area contributed by atoms with Crippen LogP contribution in [0, 0.1) is 5.92 Å². The minimum absolute atomic E-state index is 0.243. The molecular weight excluding hydrogens is 306 g/mol. The Labute approximate surface area is 141 Å². The number of nitrogens with one attached hydrogen (secondary N) is 1. The zero-order valence-electron chi connectivity index (χ0n) is 13.9.